The van der Waals surface area contributed by atoms with Crippen molar-refractivity contribution in [1.29, 1.82) is 0 Å². The Bertz CT molecular complexity index is 641. The Kier molecular flexibility index (Phi) is 3.30. The number of hydrogen-bond donors (Lipinski definition) is 1. The third-order valence-electron chi connectivity index (χ3n) is 3.69. The van der Waals surface area contributed by atoms with Crippen molar-refractivity contribution in [2.45, 2.75) is 38.5 Å². The highest BCUT2D eigenvalue weighted by molar-refractivity contribution is 5.96. The minimum atomic E-state index is -0.963. The molecule has 4 heteroatoms. The summed E-state index contributed by atoms with van der Waals surface area (Å²) in [7, 11) is 0. The lowest BCUT2D eigenvalue weighted by atomic mass is 9.97. The monoisotopic (exact) mass is 271 g/mol. The second kappa shape index (κ2) is 5.12. The van der Waals surface area contributed by atoms with E-state index in [4.69, 9.17) is 4.52 Å². The molecule has 0 saturated heterocycles. The maximum atomic E-state index is 11.5. The molecule has 104 valence electrons. The number of nitrogens with zero attached hydrogens (tertiary/aromatic N) is 1. The van der Waals surface area contributed by atoms with Gasteiger partial charge in [0, 0.05) is 12.0 Å². The topological polar surface area (TPSA) is 63.3 Å². The summed E-state index contributed by atoms with van der Waals surface area (Å²) in [6.07, 6.45) is 3.76. The fourth-order valence-electron chi connectivity index (χ4n) is 2.59. The lowest BCUT2D eigenvalue weighted by molar-refractivity contribution is 0.0695. The van der Waals surface area contributed by atoms with Gasteiger partial charge in [0.05, 0.1) is 0 Å². The SMILES string of the molecule is CCCc1onc(-c2ccccc2C2CC2)c1C(=O)O. The molecule has 1 aromatic heterocycles. The van der Waals surface area contributed by atoms with Gasteiger partial charge >= 0.3 is 5.97 Å². The zero-order chi connectivity index (χ0) is 14.1. The largest absolute Gasteiger partial charge is 0.477 e. The predicted molar refractivity (Wildman–Crippen MR) is 74.9 cm³/mol. The van der Waals surface area contributed by atoms with Crippen LogP contribution in [-0.4, -0.2) is 16.2 Å². The summed E-state index contributed by atoms with van der Waals surface area (Å²) in [4.78, 5) is 11.5. The number of aromatic carboxylic acids is 1. The minimum absolute atomic E-state index is 0.222. The highest BCUT2D eigenvalue weighted by atomic mass is 16.5. The summed E-state index contributed by atoms with van der Waals surface area (Å²) in [6.45, 7) is 1.99. The van der Waals surface area contributed by atoms with E-state index in [2.05, 4.69) is 11.2 Å². The maximum Gasteiger partial charge on any atom is 0.341 e. The van der Waals surface area contributed by atoms with Crippen LogP contribution in [0.4, 0.5) is 0 Å². The molecule has 1 fully saturated rings. The van der Waals surface area contributed by atoms with Crippen LogP contribution in [-0.2, 0) is 6.42 Å². The van der Waals surface area contributed by atoms with Crippen molar-refractivity contribution < 1.29 is 14.4 Å². The van der Waals surface area contributed by atoms with Gasteiger partial charge in [-0.25, -0.2) is 4.79 Å². The number of benzene rings is 1. The zero-order valence-electron chi connectivity index (χ0n) is 11.4. The van der Waals surface area contributed by atoms with Crippen LogP contribution in [0.3, 0.4) is 0 Å². The summed E-state index contributed by atoms with van der Waals surface area (Å²) in [5.41, 5.74) is 2.79. The second-order valence-corrected chi connectivity index (χ2v) is 5.25. The minimum Gasteiger partial charge on any atom is -0.477 e. The number of carboxylic acid groups (broad SMARTS) is 1. The highest BCUT2D eigenvalue weighted by Gasteiger charge is 2.30. The molecule has 1 aliphatic carbocycles. The Hall–Kier alpha value is -2.10. The van der Waals surface area contributed by atoms with Crippen molar-refractivity contribution in [3.05, 3.63) is 41.2 Å². The molecule has 1 N–H and O–H groups in total. The fraction of sp³-hybridized carbons (Fsp3) is 0.375. The Balaban J connectivity index is 2.12. The third kappa shape index (κ3) is 2.22. The molecule has 1 saturated carbocycles. The highest BCUT2D eigenvalue weighted by Crippen LogP contribution is 2.44. The smallest absolute Gasteiger partial charge is 0.341 e. The number of hydrogen-bond acceptors (Lipinski definition) is 3. The Morgan fingerprint density at radius 1 is 1.40 bits per heavy atom. The molecule has 2 aromatic rings. The van der Waals surface area contributed by atoms with Gasteiger partial charge in [-0.05, 0) is 30.7 Å². The van der Waals surface area contributed by atoms with Crippen molar-refractivity contribution >= 4 is 5.97 Å². The standard InChI is InChI=1S/C16H17NO3/c1-2-5-13-14(16(18)19)15(17-20-13)12-7-4-3-6-11(12)10-8-9-10/h3-4,6-7,10H,2,5,8-9H2,1H3,(H,18,19). The first-order valence-electron chi connectivity index (χ1n) is 7.03. The number of carbonyl (C=O) groups is 1. The van der Waals surface area contributed by atoms with Crippen LogP contribution < -0.4 is 0 Å². The van der Waals surface area contributed by atoms with E-state index in [1.54, 1.807) is 0 Å². The van der Waals surface area contributed by atoms with E-state index in [1.807, 2.05) is 25.1 Å². The molecule has 0 spiro atoms. The van der Waals surface area contributed by atoms with E-state index < -0.39 is 5.97 Å². The van der Waals surface area contributed by atoms with Gasteiger partial charge in [0.1, 0.15) is 11.3 Å². The first kappa shape index (κ1) is 12.9. The molecule has 1 heterocycles. The van der Waals surface area contributed by atoms with Crippen LogP contribution >= 0.6 is 0 Å². The molecule has 3 rings (SSSR count). The van der Waals surface area contributed by atoms with E-state index in [-0.39, 0.29) is 5.56 Å². The van der Waals surface area contributed by atoms with Gasteiger partial charge in [0.2, 0.25) is 0 Å². The van der Waals surface area contributed by atoms with Crippen molar-refractivity contribution in [3.8, 4) is 11.3 Å². The molecular weight excluding hydrogens is 254 g/mol. The molecule has 20 heavy (non-hydrogen) atoms. The van der Waals surface area contributed by atoms with Crippen LogP contribution in [0, 0.1) is 0 Å². The normalized spacial score (nSPS) is 14.4. The molecule has 0 unspecified atom stereocenters. The van der Waals surface area contributed by atoms with Crippen LogP contribution in [0.5, 0.6) is 0 Å². The van der Waals surface area contributed by atoms with Gasteiger partial charge in [0.25, 0.3) is 0 Å². The molecule has 0 bridgehead atoms. The third-order valence-corrected chi connectivity index (χ3v) is 3.69. The molecule has 1 aromatic carbocycles. The lowest BCUT2D eigenvalue weighted by Gasteiger charge is -2.06. The molecule has 1 aliphatic rings. The van der Waals surface area contributed by atoms with Gasteiger partial charge < -0.3 is 9.63 Å². The van der Waals surface area contributed by atoms with E-state index >= 15 is 0 Å². The molecule has 0 aliphatic heterocycles. The fourth-order valence-corrected chi connectivity index (χ4v) is 2.59. The van der Waals surface area contributed by atoms with E-state index in [9.17, 15) is 9.90 Å². The lowest BCUT2D eigenvalue weighted by Crippen LogP contribution is -2.02. The van der Waals surface area contributed by atoms with Crippen LogP contribution in [0.1, 0.15) is 53.8 Å². The van der Waals surface area contributed by atoms with Crippen molar-refractivity contribution in [3.63, 3.8) is 0 Å². The molecule has 4 nitrogen and oxygen atoms in total. The van der Waals surface area contributed by atoms with Gasteiger partial charge in [0.15, 0.2) is 5.76 Å². The number of rotatable bonds is 5. The Labute approximate surface area is 117 Å². The molecule has 0 radical (unpaired) electrons. The summed E-state index contributed by atoms with van der Waals surface area (Å²) < 4.78 is 5.28. The van der Waals surface area contributed by atoms with Gasteiger partial charge in [-0.2, -0.15) is 0 Å². The van der Waals surface area contributed by atoms with Crippen molar-refractivity contribution in [2.24, 2.45) is 0 Å². The maximum absolute atomic E-state index is 11.5. The number of carboxylic acids is 1. The van der Waals surface area contributed by atoms with Gasteiger partial charge in [-0.3, -0.25) is 0 Å². The van der Waals surface area contributed by atoms with E-state index in [0.29, 0.717) is 23.8 Å². The molecular formula is C16H17NO3. The zero-order valence-corrected chi connectivity index (χ0v) is 11.4. The van der Waals surface area contributed by atoms with Crippen molar-refractivity contribution in [2.75, 3.05) is 0 Å². The Morgan fingerprint density at radius 2 is 2.15 bits per heavy atom. The van der Waals surface area contributed by atoms with Crippen LogP contribution in [0.25, 0.3) is 11.3 Å². The first-order chi connectivity index (χ1) is 9.72. The number of aryl methyl sites for hydroxylation is 1. The quantitative estimate of drug-likeness (QED) is 0.896. The molecule has 0 amide bonds. The van der Waals surface area contributed by atoms with Gasteiger partial charge in [-0.15, -0.1) is 0 Å². The average Bonchev–Trinajstić information content (AvgIpc) is 3.20. The van der Waals surface area contributed by atoms with Crippen molar-refractivity contribution in [1.82, 2.24) is 5.16 Å². The summed E-state index contributed by atoms with van der Waals surface area (Å²) in [5.74, 6) is 0.0510. The van der Waals surface area contributed by atoms with E-state index in [0.717, 1.165) is 12.0 Å². The van der Waals surface area contributed by atoms with Crippen LogP contribution in [0.2, 0.25) is 0 Å². The first-order valence-corrected chi connectivity index (χ1v) is 7.03. The predicted octanol–water partition coefficient (Wildman–Crippen LogP) is 3.87. The van der Waals surface area contributed by atoms with E-state index in [1.165, 1.54) is 18.4 Å². The second-order valence-electron chi connectivity index (χ2n) is 5.25. The van der Waals surface area contributed by atoms with Crippen LogP contribution in [0.15, 0.2) is 28.8 Å². The van der Waals surface area contributed by atoms with Gasteiger partial charge in [-0.1, -0.05) is 36.3 Å². The summed E-state index contributed by atoms with van der Waals surface area (Å²) in [6, 6.07) is 7.91. The Morgan fingerprint density at radius 3 is 2.80 bits per heavy atom. The molecule has 0 atom stereocenters. The average molecular weight is 271 g/mol. The number of aromatic nitrogens is 1. The summed E-state index contributed by atoms with van der Waals surface area (Å²) >= 11 is 0. The summed E-state index contributed by atoms with van der Waals surface area (Å²) in [5, 5.41) is 13.5.